The molecule has 0 aliphatic rings. The summed E-state index contributed by atoms with van der Waals surface area (Å²) in [6.45, 7) is 0. The van der Waals surface area contributed by atoms with Crippen molar-refractivity contribution in [2.45, 2.75) is 4.90 Å². The van der Waals surface area contributed by atoms with E-state index in [1.165, 1.54) is 12.1 Å². The molecule has 7 heteroatoms. The van der Waals surface area contributed by atoms with E-state index in [9.17, 15) is 8.42 Å². The Hall–Kier alpha value is -0.590. The van der Waals surface area contributed by atoms with Gasteiger partial charge in [-0.3, -0.25) is 5.10 Å². The number of nitrogens with one attached hydrogen (secondary N) is 1. The zero-order chi connectivity index (χ0) is 10.3. The summed E-state index contributed by atoms with van der Waals surface area (Å²) in [5.41, 5.74) is 0.681. The van der Waals surface area contributed by atoms with Crippen LogP contribution in [-0.4, -0.2) is 18.6 Å². The van der Waals surface area contributed by atoms with E-state index >= 15 is 0 Å². The van der Waals surface area contributed by atoms with Crippen molar-refractivity contribution in [2.24, 2.45) is 0 Å². The van der Waals surface area contributed by atoms with Gasteiger partial charge < -0.3 is 0 Å². The fourth-order valence-corrected chi connectivity index (χ4v) is 2.29. The van der Waals surface area contributed by atoms with Crippen LogP contribution < -0.4 is 0 Å². The summed E-state index contributed by atoms with van der Waals surface area (Å²) in [5.74, 6) is 0. The van der Waals surface area contributed by atoms with Crippen molar-refractivity contribution in [1.82, 2.24) is 10.2 Å². The predicted molar refractivity (Wildman–Crippen MR) is 56.8 cm³/mol. The Morgan fingerprint density at radius 2 is 2.14 bits per heavy atom. The number of rotatable bonds is 1. The molecule has 1 aromatic heterocycles. The van der Waals surface area contributed by atoms with Gasteiger partial charge >= 0.3 is 0 Å². The van der Waals surface area contributed by atoms with Crippen LogP contribution in [0.2, 0.25) is 0 Å². The number of benzene rings is 1. The molecule has 0 saturated carbocycles. The lowest BCUT2D eigenvalue weighted by Gasteiger charge is -1.95. The molecule has 1 aromatic carbocycles. The van der Waals surface area contributed by atoms with E-state index in [1.807, 2.05) is 0 Å². The van der Waals surface area contributed by atoms with Gasteiger partial charge in [0, 0.05) is 16.1 Å². The topological polar surface area (TPSA) is 62.8 Å². The maximum Gasteiger partial charge on any atom is 0.261 e. The summed E-state index contributed by atoms with van der Waals surface area (Å²) in [5, 5.41) is 7.30. The Balaban J connectivity index is 2.79. The number of aromatic amines is 1. The fraction of sp³-hybridized carbons (Fsp3) is 0. The second-order valence-corrected chi connectivity index (χ2v) is 6.01. The molecule has 74 valence electrons. The third-order valence-electron chi connectivity index (χ3n) is 1.76. The molecule has 2 aromatic rings. The minimum atomic E-state index is -3.68. The zero-order valence-electron chi connectivity index (χ0n) is 6.66. The van der Waals surface area contributed by atoms with Crippen molar-refractivity contribution in [3.8, 4) is 0 Å². The van der Waals surface area contributed by atoms with Gasteiger partial charge in [-0.1, -0.05) is 0 Å². The Kier molecular flexibility index (Phi) is 2.29. The zero-order valence-corrected chi connectivity index (χ0v) is 9.82. The number of hydrogen-bond acceptors (Lipinski definition) is 3. The van der Waals surface area contributed by atoms with Crippen LogP contribution >= 0.6 is 26.6 Å². The summed E-state index contributed by atoms with van der Waals surface area (Å²) in [6, 6.07) is 4.47. The van der Waals surface area contributed by atoms with Gasteiger partial charge in [-0.25, -0.2) is 8.42 Å². The monoisotopic (exact) mass is 294 g/mol. The minimum absolute atomic E-state index is 0.0637. The SMILES string of the molecule is O=S(=O)(Cl)c1ccc2n[nH]c(Br)c2c1. The normalized spacial score (nSPS) is 12.1. The minimum Gasteiger partial charge on any atom is -0.270 e. The van der Waals surface area contributed by atoms with Gasteiger partial charge in [-0.05, 0) is 34.1 Å². The summed E-state index contributed by atoms with van der Waals surface area (Å²) < 4.78 is 22.7. The van der Waals surface area contributed by atoms with Gasteiger partial charge in [-0.2, -0.15) is 5.10 Å². The van der Waals surface area contributed by atoms with Crippen LogP contribution in [0.3, 0.4) is 0 Å². The number of halogens is 2. The van der Waals surface area contributed by atoms with Crippen LogP contribution in [0.4, 0.5) is 0 Å². The molecular formula is C7H4BrClN2O2S. The molecule has 0 atom stereocenters. The highest BCUT2D eigenvalue weighted by Crippen LogP contribution is 2.25. The molecule has 0 spiro atoms. The van der Waals surface area contributed by atoms with E-state index in [1.54, 1.807) is 6.07 Å². The first-order chi connectivity index (χ1) is 6.48. The molecule has 0 aliphatic heterocycles. The molecule has 0 saturated heterocycles. The summed E-state index contributed by atoms with van der Waals surface area (Å²) in [6.07, 6.45) is 0. The highest BCUT2D eigenvalue weighted by Gasteiger charge is 2.12. The van der Waals surface area contributed by atoms with E-state index in [0.717, 1.165) is 0 Å². The molecule has 14 heavy (non-hydrogen) atoms. The molecule has 1 heterocycles. The van der Waals surface area contributed by atoms with Crippen molar-refractivity contribution in [3.63, 3.8) is 0 Å². The number of nitrogens with zero attached hydrogens (tertiary/aromatic N) is 1. The predicted octanol–water partition coefficient (Wildman–Crippen LogP) is 2.25. The Morgan fingerprint density at radius 1 is 1.43 bits per heavy atom. The Bertz CT molecular complexity index is 593. The first-order valence-electron chi connectivity index (χ1n) is 3.57. The maximum atomic E-state index is 11.0. The standard InChI is InChI=1S/C7H4BrClN2O2S/c8-7-5-3-4(14(9,12)13)1-2-6(5)10-11-7/h1-3H,(H,10,11). The smallest absolute Gasteiger partial charge is 0.261 e. The van der Waals surface area contributed by atoms with E-state index < -0.39 is 9.05 Å². The average Bonchev–Trinajstić information content (AvgIpc) is 2.46. The lowest BCUT2D eigenvalue weighted by Crippen LogP contribution is -1.89. The Labute approximate surface area is 92.8 Å². The highest BCUT2D eigenvalue weighted by atomic mass is 79.9. The maximum absolute atomic E-state index is 11.0. The first kappa shape index (κ1) is 9.95. The van der Waals surface area contributed by atoms with Crippen LogP contribution in [-0.2, 0) is 9.05 Å². The third-order valence-corrected chi connectivity index (χ3v) is 3.72. The highest BCUT2D eigenvalue weighted by molar-refractivity contribution is 9.10. The lowest BCUT2D eigenvalue weighted by atomic mass is 10.3. The third kappa shape index (κ3) is 1.65. The molecule has 0 aliphatic carbocycles. The van der Waals surface area contributed by atoms with Crippen molar-refractivity contribution in [1.29, 1.82) is 0 Å². The van der Waals surface area contributed by atoms with Gasteiger partial charge in [0.05, 0.1) is 10.4 Å². The van der Waals surface area contributed by atoms with Crippen molar-refractivity contribution < 1.29 is 8.42 Å². The molecular weight excluding hydrogens is 292 g/mol. The number of H-pyrrole nitrogens is 1. The van der Waals surface area contributed by atoms with Gasteiger partial charge in [0.25, 0.3) is 9.05 Å². The molecule has 0 amide bonds. The average molecular weight is 296 g/mol. The van der Waals surface area contributed by atoms with Gasteiger partial charge in [-0.15, -0.1) is 0 Å². The molecule has 0 unspecified atom stereocenters. The lowest BCUT2D eigenvalue weighted by molar-refractivity contribution is 0.609. The van der Waals surface area contributed by atoms with Crippen LogP contribution in [0, 0.1) is 0 Å². The quantitative estimate of drug-likeness (QED) is 0.821. The van der Waals surface area contributed by atoms with Crippen LogP contribution in [0.25, 0.3) is 10.9 Å². The molecule has 4 nitrogen and oxygen atoms in total. The van der Waals surface area contributed by atoms with Gasteiger partial charge in [0.15, 0.2) is 0 Å². The van der Waals surface area contributed by atoms with Gasteiger partial charge in [0.1, 0.15) is 4.60 Å². The number of fused-ring (bicyclic) bond motifs is 1. The van der Waals surface area contributed by atoms with Crippen LogP contribution in [0.15, 0.2) is 27.7 Å². The van der Waals surface area contributed by atoms with Crippen molar-refractivity contribution in [3.05, 3.63) is 22.8 Å². The number of hydrogen-bond donors (Lipinski definition) is 1. The van der Waals surface area contributed by atoms with E-state index in [0.29, 0.717) is 15.5 Å². The fourth-order valence-electron chi connectivity index (χ4n) is 1.11. The van der Waals surface area contributed by atoms with Gasteiger partial charge in [0.2, 0.25) is 0 Å². The number of aromatic nitrogens is 2. The molecule has 1 N–H and O–H groups in total. The van der Waals surface area contributed by atoms with E-state index in [-0.39, 0.29) is 4.90 Å². The first-order valence-corrected chi connectivity index (χ1v) is 6.67. The Morgan fingerprint density at radius 3 is 2.79 bits per heavy atom. The second-order valence-electron chi connectivity index (χ2n) is 2.65. The van der Waals surface area contributed by atoms with E-state index in [4.69, 9.17) is 10.7 Å². The molecule has 0 bridgehead atoms. The summed E-state index contributed by atoms with van der Waals surface area (Å²) in [7, 11) is 1.53. The van der Waals surface area contributed by atoms with Crippen LogP contribution in [0.1, 0.15) is 0 Å². The van der Waals surface area contributed by atoms with Crippen molar-refractivity contribution in [2.75, 3.05) is 0 Å². The second kappa shape index (κ2) is 3.22. The summed E-state index contributed by atoms with van der Waals surface area (Å²) in [4.78, 5) is 0.0637. The largest absolute Gasteiger partial charge is 0.270 e. The van der Waals surface area contributed by atoms with Crippen molar-refractivity contribution >= 4 is 46.6 Å². The summed E-state index contributed by atoms with van der Waals surface area (Å²) >= 11 is 3.21. The molecule has 0 radical (unpaired) electrons. The molecule has 2 rings (SSSR count). The molecule has 0 fully saturated rings. The van der Waals surface area contributed by atoms with E-state index in [2.05, 4.69) is 26.1 Å². The van der Waals surface area contributed by atoms with Crippen LogP contribution in [0.5, 0.6) is 0 Å².